The van der Waals surface area contributed by atoms with E-state index in [0.29, 0.717) is 50.7 Å². The van der Waals surface area contributed by atoms with Crippen molar-refractivity contribution in [3.63, 3.8) is 0 Å². The molecule has 0 fully saturated rings. The Morgan fingerprint density at radius 2 is 1.59 bits per heavy atom. The molecule has 18 nitrogen and oxygen atoms in total. The number of benzene rings is 5. The largest absolute Gasteiger partial charge is 0.507 e. The number of nitrogens with zero attached hydrogens (tertiary/aromatic N) is 6. The van der Waals surface area contributed by atoms with E-state index in [9.17, 15) is 37.5 Å². The molecule has 0 saturated carbocycles. The Balaban J connectivity index is 0.000000245. The summed E-state index contributed by atoms with van der Waals surface area (Å²) in [5, 5.41) is 29.7. The van der Waals surface area contributed by atoms with E-state index in [-0.39, 0.29) is 47.9 Å². The predicted molar refractivity (Wildman–Crippen MR) is 287 cm³/mol. The van der Waals surface area contributed by atoms with Gasteiger partial charge < -0.3 is 25.2 Å². The number of phenols is 1. The van der Waals surface area contributed by atoms with Crippen molar-refractivity contribution >= 4 is 85.1 Å². The molecule has 1 aliphatic rings. The van der Waals surface area contributed by atoms with Crippen molar-refractivity contribution < 1.29 is 52.0 Å². The number of aryl methyl sites for hydroxylation is 1. The first-order chi connectivity index (χ1) is 34.8. The number of hydrazone groups is 1. The number of carboxylic acids is 1. The number of sulfonamides is 1. The zero-order chi connectivity index (χ0) is 53.2. The van der Waals surface area contributed by atoms with Crippen LogP contribution in [0.1, 0.15) is 66.8 Å². The third kappa shape index (κ3) is 16.9. The van der Waals surface area contributed by atoms with Crippen molar-refractivity contribution in [2.75, 3.05) is 53.6 Å². The summed E-state index contributed by atoms with van der Waals surface area (Å²) < 4.78 is 33.7. The Morgan fingerprint density at radius 3 is 2.28 bits per heavy atom. The number of likely N-dealkylation sites (N-methyl/N-ethyl adjacent to an activating group) is 1. The van der Waals surface area contributed by atoms with Crippen LogP contribution < -0.4 is 15.5 Å². The second kappa shape index (κ2) is 28.2. The molecule has 4 amide bonds. The Kier molecular flexibility index (Phi) is 22.6. The lowest BCUT2D eigenvalue weighted by Crippen LogP contribution is -2.36. The van der Waals surface area contributed by atoms with Gasteiger partial charge >= 0.3 is 11.9 Å². The Hall–Kier alpha value is -7.30. The fourth-order valence-electron chi connectivity index (χ4n) is 6.47. The molecule has 22 heteroatoms. The topological polar surface area (TPSA) is 240 Å². The molecule has 1 aliphatic heterocycles. The minimum absolute atomic E-state index is 0. The molecule has 7 rings (SSSR count). The number of pyridine rings is 1. The number of nitrogens with one attached hydrogen (secondary N) is 2. The molecule has 74 heavy (non-hydrogen) atoms. The number of fused-ring (bicyclic) bond motifs is 1. The maximum Gasteiger partial charge on any atom is 0.444 e. The van der Waals surface area contributed by atoms with E-state index in [1.165, 1.54) is 48.3 Å². The number of rotatable bonds is 16. The maximum absolute atomic E-state index is 12.9. The number of azo groups is 2. The molecule has 1 atom stereocenters. The molecular weight excluding hydrogens is 1080 g/mol. The van der Waals surface area contributed by atoms with Crippen LogP contribution in [0.5, 0.6) is 11.5 Å². The molecule has 1 unspecified atom stereocenters. The first-order valence-corrected chi connectivity index (χ1v) is 25.5. The molecule has 0 saturated heterocycles. The van der Waals surface area contributed by atoms with Crippen LogP contribution in [-0.4, -0.2) is 127 Å². The number of phenolic OH excluding ortho intramolecular Hbond substituents is 1. The number of carboxylic acid groups (broad SMARTS) is 1. The highest BCUT2D eigenvalue weighted by Gasteiger charge is 2.38. The number of ether oxygens (including phenoxy) is 1. The molecule has 388 valence electrons. The number of halogens is 2. The summed E-state index contributed by atoms with van der Waals surface area (Å²) in [7, 11) is 2.54. The molecule has 6 aromatic rings. The molecule has 0 bridgehead atoms. The van der Waals surface area contributed by atoms with E-state index in [1.807, 2.05) is 18.2 Å². The van der Waals surface area contributed by atoms with Gasteiger partial charge in [-0.1, -0.05) is 79.7 Å². The minimum Gasteiger partial charge on any atom is -0.507 e. The van der Waals surface area contributed by atoms with Gasteiger partial charge in [-0.3, -0.25) is 19.4 Å². The van der Waals surface area contributed by atoms with E-state index >= 15 is 0 Å². The average molecular weight is 1130 g/mol. The fraction of sp³-hybridized carbons (Fsp3) is 0.212. The van der Waals surface area contributed by atoms with Gasteiger partial charge in [-0.2, -0.15) is 5.10 Å². The maximum atomic E-state index is 12.9. The van der Waals surface area contributed by atoms with Crippen molar-refractivity contribution in [3.8, 4) is 11.5 Å². The second-order valence-electron chi connectivity index (χ2n) is 16.0. The number of amides is 4. The highest BCUT2D eigenvalue weighted by molar-refractivity contribution is 9.10. The fourth-order valence-corrected chi connectivity index (χ4v) is 8.95. The summed E-state index contributed by atoms with van der Waals surface area (Å²) in [5.41, 5.74) is 5.64. The van der Waals surface area contributed by atoms with Gasteiger partial charge in [0.2, 0.25) is 10.0 Å². The van der Waals surface area contributed by atoms with Gasteiger partial charge in [0.15, 0.2) is 12.6 Å². The lowest BCUT2D eigenvalue weighted by Gasteiger charge is -2.20. The monoisotopic (exact) mass is 1130 g/mol. The highest BCUT2D eigenvalue weighted by atomic mass is 79.9. The number of aromatic hydroxyl groups is 1. The van der Waals surface area contributed by atoms with Gasteiger partial charge in [-0.25, -0.2) is 27.7 Å². The van der Waals surface area contributed by atoms with E-state index in [1.54, 1.807) is 118 Å². The minimum atomic E-state index is -3.65. The lowest BCUT2D eigenvalue weighted by molar-refractivity contribution is -0.495. The van der Waals surface area contributed by atoms with Crippen LogP contribution in [0, 0.1) is 6.92 Å². The summed E-state index contributed by atoms with van der Waals surface area (Å²) in [4.78, 5) is 66.2. The van der Waals surface area contributed by atoms with Crippen LogP contribution >= 0.6 is 39.3 Å². The first kappa shape index (κ1) is 59.3. The Morgan fingerprint density at radius 1 is 0.905 bits per heavy atom. The smallest absolute Gasteiger partial charge is 0.444 e. The molecule has 5 aromatic carbocycles. The quantitative estimate of drug-likeness (QED) is 0.0235. The van der Waals surface area contributed by atoms with Gasteiger partial charge in [-0.05, 0) is 104 Å². The summed E-state index contributed by atoms with van der Waals surface area (Å²) in [6.45, 7) is 1.68. The van der Waals surface area contributed by atoms with E-state index in [4.69, 9.17) is 21.4 Å². The number of aromatic nitrogens is 1. The van der Waals surface area contributed by atoms with Gasteiger partial charge in [0.1, 0.15) is 11.5 Å². The van der Waals surface area contributed by atoms with Crippen LogP contribution in [0.2, 0.25) is 5.02 Å². The zero-order valence-electron chi connectivity index (χ0n) is 40.1. The van der Waals surface area contributed by atoms with Gasteiger partial charge in [0.25, 0.3) is 24.3 Å². The van der Waals surface area contributed by atoms with E-state index in [2.05, 4.69) is 54.0 Å². The third-order valence-corrected chi connectivity index (χ3v) is 13.9. The summed E-state index contributed by atoms with van der Waals surface area (Å²) in [6, 6.07) is 34.1. The number of thioether (sulfide) groups is 1. The molecule has 4 N–H and O–H groups in total. The predicted octanol–water partition coefficient (Wildman–Crippen LogP) is 8.32. The highest BCUT2D eigenvalue weighted by Crippen LogP contribution is 2.35. The normalized spacial score (nSPS) is 12.6. The van der Waals surface area contributed by atoms with Gasteiger partial charge in [-0.15, -0.1) is 11.8 Å². The van der Waals surface area contributed by atoms with E-state index < -0.39 is 34.5 Å². The van der Waals surface area contributed by atoms with Crippen molar-refractivity contribution in [2.24, 2.45) is 10.2 Å². The number of para-hydroxylation sites is 1. The number of hydrogen-bond donors (Lipinski definition) is 4. The molecule has 0 aliphatic carbocycles. The standard InChI is InChI=1S/C21H25N4O4S.C16H13ClN2O5.C14H13BrN2OS.CH4/c1-14-10-11-15(12-18(14)30(28,29)24(4)5)20-16-8-6-7-9-17(16)21(27)25(22-20)13-19(26)23(2)3;17-11-5-6-13(20)12(7-11)16(23)19-18-8-10-3-1-2-4-14(10)24-9-15(21)22;15-12-8-11(9-16-10-12)14(18)17-6-7-19-13-4-2-1-3-5-13;/h6-12,20H,13H2,1-5H3;1-8,20H,9H2,(H,19,23)(H,21,22);1-5,8-10H,6-7H2,(H,17,18);1H4/q+1;;;/b;18-8+;;. The van der Waals surface area contributed by atoms with Crippen molar-refractivity contribution in [3.05, 3.63) is 182 Å². The first-order valence-electron chi connectivity index (χ1n) is 21.9. The number of aliphatic carboxylic acids is 1. The molecule has 0 spiro atoms. The van der Waals surface area contributed by atoms with Crippen LogP contribution in [0.4, 0.5) is 0 Å². The number of carbonyl (C=O) groups excluding carboxylic acids is 4. The molecular formula is C52H55BrClN8O10S2+. The van der Waals surface area contributed by atoms with Crippen molar-refractivity contribution in [2.45, 2.75) is 30.2 Å². The SMILES string of the molecule is C.Cc1ccc(C2N=[N+](CC(=O)N(C)C)C(=O)c3ccccc32)cc1S(=O)(=O)N(C)C.O=C(NCCSc1ccccc1)c1cncc(Br)c1.O=C(O)COc1ccccc1/C=N/NC(=O)c1cc(Cl)ccc1O. The van der Waals surface area contributed by atoms with Crippen molar-refractivity contribution in [1.82, 2.24) is 24.9 Å². The molecule has 2 heterocycles. The van der Waals surface area contributed by atoms with Crippen LogP contribution in [0.3, 0.4) is 0 Å². The summed E-state index contributed by atoms with van der Waals surface area (Å²) in [6.07, 6.45) is 4.52. The third-order valence-electron chi connectivity index (χ3n) is 10.3. The summed E-state index contributed by atoms with van der Waals surface area (Å²) >= 11 is 10.8. The number of hydrogen-bond acceptors (Lipinski definition) is 13. The number of carbonyl (C=O) groups is 5. The summed E-state index contributed by atoms with van der Waals surface area (Å²) in [5.74, 6) is -1.53. The average Bonchev–Trinajstić information content (AvgIpc) is 3.37. The van der Waals surface area contributed by atoms with E-state index in [0.717, 1.165) is 19.2 Å². The molecule has 0 radical (unpaired) electrons. The van der Waals surface area contributed by atoms with Crippen LogP contribution in [0.15, 0.2) is 158 Å². The molecule has 1 aromatic heterocycles. The lowest BCUT2D eigenvalue weighted by atomic mass is 9.93. The van der Waals surface area contributed by atoms with Crippen molar-refractivity contribution in [1.29, 1.82) is 0 Å². The second-order valence-corrected chi connectivity index (χ2v) is 20.6. The van der Waals surface area contributed by atoms with Crippen LogP contribution in [0.25, 0.3) is 0 Å². The Labute approximate surface area is 447 Å². The van der Waals surface area contributed by atoms with Crippen LogP contribution in [-0.2, 0) is 19.6 Å². The Bertz CT molecular complexity index is 3140. The van der Waals surface area contributed by atoms with Gasteiger partial charge in [0, 0.05) is 78.4 Å². The van der Waals surface area contributed by atoms with Gasteiger partial charge in [0.05, 0.1) is 27.8 Å². The zero-order valence-corrected chi connectivity index (χ0v) is 44.1.